The van der Waals surface area contributed by atoms with E-state index < -0.39 is 10.0 Å². The van der Waals surface area contributed by atoms with Crippen LogP contribution in [0.4, 0.5) is 5.69 Å². The van der Waals surface area contributed by atoms with Crippen molar-refractivity contribution in [3.63, 3.8) is 0 Å². The first-order valence-electron chi connectivity index (χ1n) is 7.45. The van der Waals surface area contributed by atoms with Gasteiger partial charge in [-0.2, -0.15) is 0 Å². The van der Waals surface area contributed by atoms with E-state index in [1.165, 1.54) is 4.31 Å². The van der Waals surface area contributed by atoms with Crippen LogP contribution in [-0.4, -0.2) is 63.5 Å². The summed E-state index contributed by atoms with van der Waals surface area (Å²) in [6, 6.07) is 4.93. The van der Waals surface area contributed by atoms with E-state index in [2.05, 4.69) is 5.32 Å². The number of carbonyl (C=O) groups is 1. The number of hydrogen-bond donors (Lipinski definition) is 1. The number of hydrogen-bond acceptors (Lipinski definition) is 4. The molecule has 1 rings (SSSR count). The molecule has 1 amide bonds. The standard InChI is InChI=1S/C15H23Cl2N3O3S/c1-19(2)9-5-10-20(24(3,22)23)11-8-14(21)18-13-7-4-6-12(16)15(13)17/h4,6-7H,5,8-11H2,1-3H3,(H,18,21). The van der Waals surface area contributed by atoms with Crippen molar-refractivity contribution in [2.45, 2.75) is 12.8 Å². The average Bonchev–Trinajstić information content (AvgIpc) is 2.45. The Kier molecular flexibility index (Phi) is 8.45. The molecule has 0 fully saturated rings. The molecule has 1 aromatic rings. The molecular formula is C15H23Cl2N3O3S. The smallest absolute Gasteiger partial charge is 0.225 e. The summed E-state index contributed by atoms with van der Waals surface area (Å²) in [5, 5.41) is 3.25. The minimum absolute atomic E-state index is 0.0396. The molecule has 0 radical (unpaired) electrons. The Morgan fingerprint density at radius 2 is 1.83 bits per heavy atom. The fourth-order valence-electron chi connectivity index (χ4n) is 2.05. The quantitative estimate of drug-likeness (QED) is 0.697. The number of benzene rings is 1. The van der Waals surface area contributed by atoms with Gasteiger partial charge in [0.1, 0.15) is 0 Å². The first kappa shape index (κ1) is 21.2. The normalized spacial score (nSPS) is 12.0. The summed E-state index contributed by atoms with van der Waals surface area (Å²) in [6.45, 7) is 1.27. The molecule has 0 bridgehead atoms. The summed E-state index contributed by atoms with van der Waals surface area (Å²) in [6.07, 6.45) is 1.88. The van der Waals surface area contributed by atoms with Crippen LogP contribution < -0.4 is 5.32 Å². The molecule has 0 aliphatic carbocycles. The van der Waals surface area contributed by atoms with Crippen molar-refractivity contribution in [2.24, 2.45) is 0 Å². The predicted molar refractivity (Wildman–Crippen MR) is 99.3 cm³/mol. The highest BCUT2D eigenvalue weighted by Crippen LogP contribution is 2.29. The van der Waals surface area contributed by atoms with Gasteiger partial charge in [-0.3, -0.25) is 4.79 Å². The molecule has 6 nitrogen and oxygen atoms in total. The summed E-state index contributed by atoms with van der Waals surface area (Å²) in [5.41, 5.74) is 0.410. The van der Waals surface area contributed by atoms with Crippen LogP contribution >= 0.6 is 23.2 Å². The molecule has 136 valence electrons. The van der Waals surface area contributed by atoms with E-state index in [1.807, 2.05) is 19.0 Å². The van der Waals surface area contributed by atoms with Crippen molar-refractivity contribution < 1.29 is 13.2 Å². The maximum atomic E-state index is 12.0. The van der Waals surface area contributed by atoms with Gasteiger partial charge in [-0.05, 0) is 39.2 Å². The van der Waals surface area contributed by atoms with Crippen LogP contribution in [0, 0.1) is 0 Å². The van der Waals surface area contributed by atoms with E-state index in [0.29, 0.717) is 23.7 Å². The third-order valence-corrected chi connectivity index (χ3v) is 5.42. The molecule has 1 aromatic carbocycles. The number of amides is 1. The first-order valence-corrected chi connectivity index (χ1v) is 10.1. The molecule has 0 heterocycles. The van der Waals surface area contributed by atoms with Crippen LogP contribution in [0.2, 0.25) is 10.0 Å². The molecular weight excluding hydrogens is 373 g/mol. The number of anilines is 1. The highest BCUT2D eigenvalue weighted by atomic mass is 35.5. The maximum absolute atomic E-state index is 12.0. The van der Waals surface area contributed by atoms with Gasteiger partial charge in [0.05, 0.1) is 22.0 Å². The Morgan fingerprint density at radius 3 is 2.42 bits per heavy atom. The average molecular weight is 396 g/mol. The third-order valence-electron chi connectivity index (χ3n) is 3.30. The van der Waals surface area contributed by atoms with Crippen LogP contribution in [0.15, 0.2) is 18.2 Å². The van der Waals surface area contributed by atoms with E-state index in [0.717, 1.165) is 12.8 Å². The SMILES string of the molecule is CN(C)CCCN(CCC(=O)Nc1cccc(Cl)c1Cl)S(C)(=O)=O. The Labute approximate surface area is 153 Å². The minimum atomic E-state index is -3.36. The lowest BCUT2D eigenvalue weighted by Crippen LogP contribution is -2.35. The zero-order valence-corrected chi connectivity index (χ0v) is 16.4. The van der Waals surface area contributed by atoms with Gasteiger partial charge < -0.3 is 10.2 Å². The predicted octanol–water partition coefficient (Wildman–Crippen LogP) is 2.54. The number of sulfonamides is 1. The van der Waals surface area contributed by atoms with Gasteiger partial charge >= 0.3 is 0 Å². The van der Waals surface area contributed by atoms with Crippen molar-refractivity contribution in [3.05, 3.63) is 28.2 Å². The van der Waals surface area contributed by atoms with Crippen LogP contribution in [-0.2, 0) is 14.8 Å². The van der Waals surface area contributed by atoms with Gasteiger partial charge in [-0.15, -0.1) is 0 Å². The Hall–Kier alpha value is -0.860. The largest absolute Gasteiger partial charge is 0.325 e. The van der Waals surface area contributed by atoms with E-state index in [-0.39, 0.29) is 23.9 Å². The molecule has 0 unspecified atom stereocenters. The van der Waals surface area contributed by atoms with Crippen LogP contribution in [0.3, 0.4) is 0 Å². The van der Waals surface area contributed by atoms with Gasteiger partial charge in [0, 0.05) is 19.5 Å². The topological polar surface area (TPSA) is 69.7 Å². The summed E-state index contributed by atoms with van der Waals surface area (Å²) >= 11 is 11.9. The van der Waals surface area contributed by atoms with Gasteiger partial charge in [0.15, 0.2) is 0 Å². The number of carbonyl (C=O) groups excluding carboxylic acids is 1. The number of rotatable bonds is 9. The van der Waals surface area contributed by atoms with Crippen molar-refractivity contribution >= 4 is 44.8 Å². The summed E-state index contributed by atoms with van der Waals surface area (Å²) in [5.74, 6) is -0.319. The molecule has 9 heteroatoms. The lowest BCUT2D eigenvalue weighted by atomic mass is 10.3. The zero-order valence-electron chi connectivity index (χ0n) is 14.1. The van der Waals surface area contributed by atoms with Crippen LogP contribution in [0.1, 0.15) is 12.8 Å². The molecule has 0 atom stereocenters. The highest BCUT2D eigenvalue weighted by Gasteiger charge is 2.18. The summed E-state index contributed by atoms with van der Waals surface area (Å²) in [7, 11) is 0.489. The van der Waals surface area contributed by atoms with E-state index in [4.69, 9.17) is 23.2 Å². The molecule has 0 aromatic heterocycles. The third kappa shape index (κ3) is 7.36. The second-order valence-electron chi connectivity index (χ2n) is 5.72. The molecule has 24 heavy (non-hydrogen) atoms. The Balaban J connectivity index is 2.59. The number of nitrogens with one attached hydrogen (secondary N) is 1. The Bertz CT molecular complexity index is 666. The van der Waals surface area contributed by atoms with Crippen LogP contribution in [0.5, 0.6) is 0 Å². The number of nitrogens with zero attached hydrogens (tertiary/aromatic N) is 2. The Morgan fingerprint density at radius 1 is 1.17 bits per heavy atom. The molecule has 0 spiro atoms. The second-order valence-corrected chi connectivity index (χ2v) is 8.49. The van der Waals surface area contributed by atoms with E-state index >= 15 is 0 Å². The fourth-order valence-corrected chi connectivity index (χ4v) is 3.28. The van der Waals surface area contributed by atoms with Gasteiger partial charge in [0.25, 0.3) is 0 Å². The maximum Gasteiger partial charge on any atom is 0.225 e. The fraction of sp³-hybridized carbons (Fsp3) is 0.533. The molecule has 0 saturated heterocycles. The van der Waals surface area contributed by atoms with Crippen molar-refractivity contribution in [2.75, 3.05) is 45.3 Å². The summed E-state index contributed by atoms with van der Waals surface area (Å²) in [4.78, 5) is 14.0. The number of halogens is 2. The van der Waals surface area contributed by atoms with Gasteiger partial charge in [0.2, 0.25) is 15.9 Å². The molecule has 1 N–H and O–H groups in total. The van der Waals surface area contributed by atoms with Crippen molar-refractivity contribution in [1.82, 2.24) is 9.21 Å². The monoisotopic (exact) mass is 395 g/mol. The van der Waals surface area contributed by atoms with Gasteiger partial charge in [-0.25, -0.2) is 12.7 Å². The lowest BCUT2D eigenvalue weighted by Gasteiger charge is -2.20. The van der Waals surface area contributed by atoms with Gasteiger partial charge in [-0.1, -0.05) is 29.3 Å². The molecule has 0 aliphatic heterocycles. The summed E-state index contributed by atoms with van der Waals surface area (Å²) < 4.78 is 25.0. The second kappa shape index (κ2) is 9.58. The zero-order chi connectivity index (χ0) is 18.3. The molecule has 0 saturated carbocycles. The van der Waals surface area contributed by atoms with Crippen molar-refractivity contribution in [1.29, 1.82) is 0 Å². The van der Waals surface area contributed by atoms with Crippen molar-refractivity contribution in [3.8, 4) is 0 Å². The lowest BCUT2D eigenvalue weighted by molar-refractivity contribution is -0.116. The minimum Gasteiger partial charge on any atom is -0.325 e. The van der Waals surface area contributed by atoms with E-state index in [1.54, 1.807) is 18.2 Å². The molecule has 0 aliphatic rings. The van der Waals surface area contributed by atoms with Crippen LogP contribution in [0.25, 0.3) is 0 Å². The first-order chi connectivity index (χ1) is 11.1. The highest BCUT2D eigenvalue weighted by molar-refractivity contribution is 7.88. The van der Waals surface area contributed by atoms with E-state index in [9.17, 15) is 13.2 Å².